The van der Waals surface area contributed by atoms with E-state index >= 15 is 0 Å². The van der Waals surface area contributed by atoms with E-state index in [0.29, 0.717) is 52.2 Å². The monoisotopic (exact) mass is 424 g/mol. The molecule has 0 spiro atoms. The molecular weight excluding hydrogens is 404 g/mol. The summed E-state index contributed by atoms with van der Waals surface area (Å²) in [6.07, 6.45) is 9.93. The van der Waals surface area contributed by atoms with Crippen molar-refractivity contribution >= 4 is 34.7 Å². The first-order valence-electron chi connectivity index (χ1n) is 9.40. The van der Waals surface area contributed by atoms with Gasteiger partial charge in [-0.1, -0.05) is 24.1 Å². The summed E-state index contributed by atoms with van der Waals surface area (Å²) in [5.41, 5.74) is 13.1. The highest BCUT2D eigenvalue weighted by Gasteiger charge is 2.21. The SMILES string of the molecule is C#Cc1cc2c(cc1Sc1nc3c(N)ncnc3n1CCCCCC(N)=O)OCO2. The molecule has 0 unspecified atom stereocenters. The number of carbonyl (C=O) groups is 1. The minimum Gasteiger partial charge on any atom is -0.454 e. The molecule has 2 aromatic heterocycles. The molecule has 3 aromatic rings. The molecule has 1 aliphatic rings. The van der Waals surface area contributed by atoms with Crippen molar-refractivity contribution in [2.45, 2.75) is 42.3 Å². The number of rotatable bonds is 8. The highest BCUT2D eigenvalue weighted by molar-refractivity contribution is 7.99. The van der Waals surface area contributed by atoms with Gasteiger partial charge in [0.1, 0.15) is 6.33 Å². The predicted molar refractivity (Wildman–Crippen MR) is 112 cm³/mol. The quantitative estimate of drug-likeness (QED) is 0.416. The number of hydrogen-bond donors (Lipinski definition) is 2. The molecule has 0 bridgehead atoms. The van der Waals surface area contributed by atoms with Gasteiger partial charge in [0.15, 0.2) is 33.6 Å². The topological polar surface area (TPSA) is 131 Å². The molecule has 9 nitrogen and oxygen atoms in total. The number of aryl methyl sites for hydroxylation is 1. The van der Waals surface area contributed by atoms with Crippen molar-refractivity contribution in [2.24, 2.45) is 5.73 Å². The number of benzene rings is 1. The van der Waals surface area contributed by atoms with Crippen molar-refractivity contribution in [1.82, 2.24) is 19.5 Å². The summed E-state index contributed by atoms with van der Waals surface area (Å²) in [5, 5.41) is 0.697. The summed E-state index contributed by atoms with van der Waals surface area (Å²) < 4.78 is 12.9. The van der Waals surface area contributed by atoms with Crippen LogP contribution in [0.15, 0.2) is 28.5 Å². The van der Waals surface area contributed by atoms with Crippen molar-refractivity contribution in [3.05, 3.63) is 24.0 Å². The van der Waals surface area contributed by atoms with Crippen molar-refractivity contribution < 1.29 is 14.3 Å². The Morgan fingerprint density at radius 2 is 2.03 bits per heavy atom. The van der Waals surface area contributed by atoms with E-state index in [4.69, 9.17) is 27.4 Å². The van der Waals surface area contributed by atoms with Gasteiger partial charge in [0.25, 0.3) is 0 Å². The zero-order valence-corrected chi connectivity index (χ0v) is 16.9. The second-order valence-electron chi connectivity index (χ2n) is 6.70. The normalized spacial score (nSPS) is 12.2. The van der Waals surface area contributed by atoms with E-state index in [1.165, 1.54) is 18.1 Å². The fourth-order valence-electron chi connectivity index (χ4n) is 3.18. The summed E-state index contributed by atoms with van der Waals surface area (Å²) >= 11 is 1.41. The lowest BCUT2D eigenvalue weighted by atomic mass is 10.2. The lowest BCUT2D eigenvalue weighted by Crippen LogP contribution is -2.09. The lowest BCUT2D eigenvalue weighted by Gasteiger charge is -2.10. The Hall–Kier alpha value is -3.45. The van der Waals surface area contributed by atoms with Crippen LogP contribution in [0.5, 0.6) is 11.5 Å². The van der Waals surface area contributed by atoms with Crippen LogP contribution in [-0.4, -0.2) is 32.2 Å². The minimum absolute atomic E-state index is 0.170. The zero-order chi connectivity index (χ0) is 21.1. The molecule has 10 heteroatoms. The maximum atomic E-state index is 10.9. The highest BCUT2D eigenvalue weighted by atomic mass is 32.2. The molecule has 0 saturated heterocycles. The fraction of sp³-hybridized carbons (Fsp3) is 0.300. The van der Waals surface area contributed by atoms with Gasteiger partial charge in [0.2, 0.25) is 12.7 Å². The van der Waals surface area contributed by atoms with Crippen molar-refractivity contribution in [3.8, 4) is 23.8 Å². The molecule has 1 aliphatic heterocycles. The third-order valence-corrected chi connectivity index (χ3v) is 5.71. The molecule has 3 heterocycles. The Morgan fingerprint density at radius 3 is 2.80 bits per heavy atom. The van der Waals surface area contributed by atoms with Gasteiger partial charge in [-0.05, 0) is 18.9 Å². The molecule has 1 amide bonds. The number of nitrogens with two attached hydrogens (primary N) is 2. The van der Waals surface area contributed by atoms with Gasteiger partial charge < -0.3 is 25.5 Å². The first-order chi connectivity index (χ1) is 14.6. The molecule has 0 aliphatic carbocycles. The van der Waals surface area contributed by atoms with Gasteiger partial charge in [-0.2, -0.15) is 0 Å². The standard InChI is InChI=1S/C20H20N6O3S/c1-2-12-8-13-14(29-11-28-13)9-15(12)30-20-25-17-18(22)23-10-24-19(17)26(20)7-5-3-4-6-16(21)27/h1,8-10H,3-7,11H2,(H2,21,27)(H2,22,23,24). The Bertz CT molecular complexity index is 1150. The number of amides is 1. The number of ether oxygens (including phenoxy) is 2. The molecule has 154 valence electrons. The first kappa shape index (κ1) is 19.8. The van der Waals surface area contributed by atoms with Crippen molar-refractivity contribution in [1.29, 1.82) is 0 Å². The van der Waals surface area contributed by atoms with Crippen LogP contribution in [0.3, 0.4) is 0 Å². The van der Waals surface area contributed by atoms with E-state index in [1.54, 1.807) is 6.07 Å². The van der Waals surface area contributed by atoms with E-state index in [-0.39, 0.29) is 12.7 Å². The van der Waals surface area contributed by atoms with Crippen LogP contribution in [0.2, 0.25) is 0 Å². The molecule has 0 saturated carbocycles. The van der Waals surface area contributed by atoms with Crippen LogP contribution in [0.4, 0.5) is 5.82 Å². The fourth-order valence-corrected chi connectivity index (χ4v) is 4.19. The number of primary amides is 1. The molecule has 4 N–H and O–H groups in total. The molecule has 0 radical (unpaired) electrons. The summed E-state index contributed by atoms with van der Waals surface area (Å²) in [4.78, 5) is 24.8. The van der Waals surface area contributed by atoms with E-state index in [9.17, 15) is 4.79 Å². The van der Waals surface area contributed by atoms with Gasteiger partial charge in [0, 0.05) is 29.5 Å². The maximum Gasteiger partial charge on any atom is 0.231 e. The Morgan fingerprint density at radius 1 is 1.23 bits per heavy atom. The van der Waals surface area contributed by atoms with E-state index in [2.05, 4.69) is 20.9 Å². The maximum absolute atomic E-state index is 10.9. The van der Waals surface area contributed by atoms with Gasteiger partial charge in [-0.3, -0.25) is 4.79 Å². The second kappa shape index (κ2) is 8.51. The average molecular weight is 424 g/mol. The molecule has 30 heavy (non-hydrogen) atoms. The van der Waals surface area contributed by atoms with Crippen LogP contribution in [0.1, 0.15) is 31.2 Å². The number of terminal acetylenes is 1. The average Bonchev–Trinajstić information content (AvgIpc) is 3.32. The van der Waals surface area contributed by atoms with Gasteiger partial charge in [-0.25, -0.2) is 15.0 Å². The number of nitrogen functional groups attached to an aromatic ring is 1. The number of carbonyl (C=O) groups excluding carboxylic acids is 1. The minimum atomic E-state index is -0.288. The predicted octanol–water partition coefficient (Wildman–Crippen LogP) is 2.32. The summed E-state index contributed by atoms with van der Waals surface area (Å²) in [5.74, 6) is 3.99. The Balaban J connectivity index is 1.64. The number of imidazole rings is 1. The Kier molecular flexibility index (Phi) is 5.63. The van der Waals surface area contributed by atoms with Crippen LogP contribution < -0.4 is 20.9 Å². The van der Waals surface area contributed by atoms with Crippen LogP contribution in [0.25, 0.3) is 11.2 Å². The number of fused-ring (bicyclic) bond motifs is 2. The number of anilines is 1. The van der Waals surface area contributed by atoms with E-state index < -0.39 is 0 Å². The molecule has 1 aromatic carbocycles. The third-order valence-electron chi connectivity index (χ3n) is 4.66. The van der Waals surface area contributed by atoms with Crippen LogP contribution in [-0.2, 0) is 11.3 Å². The number of nitrogens with zero attached hydrogens (tertiary/aromatic N) is 4. The molecule has 4 rings (SSSR count). The molecule has 0 atom stereocenters. The largest absolute Gasteiger partial charge is 0.454 e. The molecular formula is C20H20N6O3S. The summed E-state index contributed by atoms with van der Waals surface area (Å²) in [6.45, 7) is 0.827. The zero-order valence-electron chi connectivity index (χ0n) is 16.1. The number of aromatic nitrogens is 4. The Labute approximate surface area is 177 Å². The highest BCUT2D eigenvalue weighted by Crippen LogP contribution is 2.41. The van der Waals surface area contributed by atoms with Gasteiger partial charge >= 0.3 is 0 Å². The van der Waals surface area contributed by atoms with E-state index in [0.717, 1.165) is 24.2 Å². The van der Waals surface area contributed by atoms with Crippen molar-refractivity contribution in [3.63, 3.8) is 0 Å². The van der Waals surface area contributed by atoms with E-state index in [1.807, 2.05) is 10.6 Å². The second-order valence-corrected chi connectivity index (χ2v) is 7.71. The van der Waals surface area contributed by atoms with Gasteiger partial charge in [-0.15, -0.1) is 6.42 Å². The van der Waals surface area contributed by atoms with Crippen LogP contribution >= 0.6 is 11.8 Å². The third kappa shape index (κ3) is 3.97. The molecule has 0 fully saturated rings. The summed E-state index contributed by atoms with van der Waals surface area (Å²) in [7, 11) is 0. The first-order valence-corrected chi connectivity index (χ1v) is 10.2. The van der Waals surface area contributed by atoms with Crippen molar-refractivity contribution in [2.75, 3.05) is 12.5 Å². The van der Waals surface area contributed by atoms with Crippen LogP contribution in [0, 0.1) is 12.3 Å². The lowest BCUT2D eigenvalue weighted by molar-refractivity contribution is -0.118. The summed E-state index contributed by atoms with van der Waals surface area (Å²) in [6, 6.07) is 3.64. The number of unbranched alkanes of at least 4 members (excludes halogenated alkanes) is 2. The van der Waals surface area contributed by atoms with Gasteiger partial charge in [0.05, 0.1) is 0 Å². The number of hydrogen-bond acceptors (Lipinski definition) is 8. The smallest absolute Gasteiger partial charge is 0.231 e.